The largest absolute Gasteiger partial charge is 0.493 e. The second-order valence-corrected chi connectivity index (χ2v) is 10.2. The van der Waals surface area contributed by atoms with Crippen LogP contribution < -0.4 is 19.9 Å². The number of ether oxygens (including phenoxy) is 3. The molecule has 6 rings (SSSR count). The molecule has 0 bridgehead atoms. The van der Waals surface area contributed by atoms with E-state index in [-0.39, 0.29) is 0 Å². The van der Waals surface area contributed by atoms with Gasteiger partial charge in [-0.2, -0.15) is 0 Å². The molecule has 1 aliphatic rings. The van der Waals surface area contributed by atoms with Gasteiger partial charge in [-0.05, 0) is 83.3 Å². The molecule has 0 fully saturated rings. The van der Waals surface area contributed by atoms with Crippen LogP contribution in [0, 0.1) is 0 Å². The van der Waals surface area contributed by atoms with Crippen molar-refractivity contribution in [1.29, 1.82) is 0 Å². The van der Waals surface area contributed by atoms with Crippen LogP contribution in [0.4, 0.5) is 5.69 Å². The zero-order chi connectivity index (χ0) is 28.9. The Kier molecular flexibility index (Phi) is 7.96. The molecule has 42 heavy (non-hydrogen) atoms. The van der Waals surface area contributed by atoms with Crippen molar-refractivity contribution in [2.24, 2.45) is 0 Å². The van der Waals surface area contributed by atoms with Crippen LogP contribution in [0.3, 0.4) is 0 Å². The topological polar surface area (TPSA) is 113 Å². The summed E-state index contributed by atoms with van der Waals surface area (Å²) >= 11 is 0. The standard InChI is InChI=1S/C32H33N7O3/c1-40-30-16-24-12-15-38(20-25(24)17-31(30)41-2)14-11-22-5-7-26(8-6-22)39-36-32(35-37-39)28-18-27(9-10-29(28)33)42-21-23-4-3-13-34-19-23/h3-10,13,16-19H,11-12,14-15,20-21,33H2,1-2H3. The highest BCUT2D eigenvalue weighted by Gasteiger charge is 2.19. The fraction of sp³-hybridized carbons (Fsp3) is 0.250. The van der Waals surface area contributed by atoms with Crippen molar-refractivity contribution in [3.63, 3.8) is 0 Å². The van der Waals surface area contributed by atoms with Crippen molar-refractivity contribution in [2.75, 3.05) is 33.0 Å². The third kappa shape index (κ3) is 6.03. The number of tetrazole rings is 1. The Labute approximate surface area is 244 Å². The first kappa shape index (κ1) is 27.2. The normalized spacial score (nSPS) is 13.0. The van der Waals surface area contributed by atoms with Gasteiger partial charge >= 0.3 is 0 Å². The van der Waals surface area contributed by atoms with Crippen LogP contribution in [-0.4, -0.2) is 57.4 Å². The Morgan fingerprint density at radius 2 is 1.71 bits per heavy atom. The molecule has 0 unspecified atom stereocenters. The van der Waals surface area contributed by atoms with Crippen LogP contribution in [0.15, 0.2) is 79.1 Å². The summed E-state index contributed by atoms with van der Waals surface area (Å²) in [5.74, 6) is 2.67. The molecular weight excluding hydrogens is 530 g/mol. The average Bonchev–Trinajstić information content (AvgIpc) is 3.53. The van der Waals surface area contributed by atoms with Crippen molar-refractivity contribution in [2.45, 2.75) is 26.0 Å². The number of nitrogens with zero attached hydrogens (tertiary/aromatic N) is 6. The number of methoxy groups -OCH3 is 2. The Balaban J connectivity index is 1.08. The second kappa shape index (κ2) is 12.3. The van der Waals surface area contributed by atoms with Gasteiger partial charge in [0, 0.05) is 48.8 Å². The number of benzene rings is 3. The van der Waals surface area contributed by atoms with Gasteiger partial charge in [-0.3, -0.25) is 9.88 Å². The Bertz CT molecular complexity index is 1660. The van der Waals surface area contributed by atoms with E-state index in [1.807, 2.05) is 36.4 Å². The SMILES string of the molecule is COc1cc2c(cc1OC)CN(CCc1ccc(-n3nnc(-c4cc(OCc5cccnc5)ccc4N)n3)cc1)CC2. The van der Waals surface area contributed by atoms with E-state index in [9.17, 15) is 0 Å². The van der Waals surface area contributed by atoms with E-state index in [1.165, 1.54) is 21.5 Å². The van der Waals surface area contributed by atoms with Gasteiger partial charge in [-0.1, -0.05) is 18.2 Å². The van der Waals surface area contributed by atoms with E-state index < -0.39 is 0 Å². The molecule has 214 valence electrons. The summed E-state index contributed by atoms with van der Waals surface area (Å²) in [6.07, 6.45) is 5.46. The molecule has 0 radical (unpaired) electrons. The molecular formula is C32H33N7O3. The van der Waals surface area contributed by atoms with Gasteiger partial charge in [-0.15, -0.1) is 15.0 Å². The van der Waals surface area contributed by atoms with Gasteiger partial charge in [0.2, 0.25) is 5.82 Å². The summed E-state index contributed by atoms with van der Waals surface area (Å²) in [6.45, 7) is 3.29. The zero-order valence-corrected chi connectivity index (χ0v) is 23.7. The quantitative estimate of drug-likeness (QED) is 0.245. The Morgan fingerprint density at radius 3 is 2.48 bits per heavy atom. The van der Waals surface area contributed by atoms with E-state index in [2.05, 4.69) is 49.6 Å². The molecule has 3 heterocycles. The summed E-state index contributed by atoms with van der Waals surface area (Å²) < 4.78 is 16.9. The molecule has 0 amide bonds. The minimum Gasteiger partial charge on any atom is -0.493 e. The van der Waals surface area contributed by atoms with E-state index in [0.717, 1.165) is 55.2 Å². The third-order valence-corrected chi connectivity index (χ3v) is 7.49. The number of fused-ring (bicyclic) bond motifs is 1. The molecule has 0 saturated heterocycles. The monoisotopic (exact) mass is 563 g/mol. The summed E-state index contributed by atoms with van der Waals surface area (Å²) in [5.41, 5.74) is 13.2. The van der Waals surface area contributed by atoms with Crippen molar-refractivity contribution in [3.8, 4) is 34.3 Å². The molecule has 2 aromatic heterocycles. The highest BCUT2D eigenvalue weighted by atomic mass is 16.5. The lowest BCUT2D eigenvalue weighted by molar-refractivity contribution is 0.255. The number of pyridine rings is 1. The van der Waals surface area contributed by atoms with Crippen LogP contribution in [0.25, 0.3) is 17.1 Å². The number of rotatable bonds is 10. The maximum atomic E-state index is 6.25. The lowest BCUT2D eigenvalue weighted by atomic mass is 9.98. The fourth-order valence-electron chi connectivity index (χ4n) is 5.12. The van der Waals surface area contributed by atoms with Crippen LogP contribution in [0.2, 0.25) is 0 Å². The molecule has 0 spiro atoms. The Morgan fingerprint density at radius 1 is 0.905 bits per heavy atom. The average molecular weight is 564 g/mol. The molecule has 0 aliphatic carbocycles. The van der Waals surface area contributed by atoms with Crippen LogP contribution in [-0.2, 0) is 26.0 Å². The number of aromatic nitrogens is 5. The minimum absolute atomic E-state index is 0.401. The number of hydrogen-bond acceptors (Lipinski definition) is 9. The fourth-order valence-corrected chi connectivity index (χ4v) is 5.12. The second-order valence-electron chi connectivity index (χ2n) is 10.2. The van der Waals surface area contributed by atoms with Crippen molar-refractivity contribution in [3.05, 3.63) is 101 Å². The molecule has 10 heteroatoms. The maximum absolute atomic E-state index is 6.25. The van der Waals surface area contributed by atoms with E-state index in [1.54, 1.807) is 32.7 Å². The maximum Gasteiger partial charge on any atom is 0.207 e. The summed E-state index contributed by atoms with van der Waals surface area (Å²) in [5, 5.41) is 13.1. The molecule has 0 atom stereocenters. The van der Waals surface area contributed by atoms with Gasteiger partial charge in [0.15, 0.2) is 11.5 Å². The number of anilines is 1. The zero-order valence-electron chi connectivity index (χ0n) is 23.7. The van der Waals surface area contributed by atoms with Crippen LogP contribution in [0.5, 0.6) is 17.2 Å². The first-order valence-electron chi connectivity index (χ1n) is 13.9. The first-order chi connectivity index (χ1) is 20.6. The van der Waals surface area contributed by atoms with Gasteiger partial charge in [-0.25, -0.2) is 0 Å². The summed E-state index contributed by atoms with van der Waals surface area (Å²) in [4.78, 5) is 8.12. The van der Waals surface area contributed by atoms with Crippen molar-refractivity contribution >= 4 is 5.69 Å². The molecule has 2 N–H and O–H groups in total. The number of nitrogens with two attached hydrogens (primary N) is 1. The highest BCUT2D eigenvalue weighted by molar-refractivity contribution is 5.72. The Hall–Kier alpha value is -4.96. The smallest absolute Gasteiger partial charge is 0.207 e. The summed E-state index contributed by atoms with van der Waals surface area (Å²) in [6, 6.07) is 21.8. The van der Waals surface area contributed by atoms with Gasteiger partial charge in [0.05, 0.1) is 19.9 Å². The number of nitrogen functional groups attached to an aromatic ring is 1. The van der Waals surface area contributed by atoms with Crippen molar-refractivity contribution in [1.82, 2.24) is 30.1 Å². The lowest BCUT2D eigenvalue weighted by Gasteiger charge is -2.29. The van der Waals surface area contributed by atoms with E-state index >= 15 is 0 Å². The number of hydrogen-bond donors (Lipinski definition) is 1. The van der Waals surface area contributed by atoms with Crippen LogP contribution >= 0.6 is 0 Å². The van der Waals surface area contributed by atoms with Gasteiger partial charge in [0.25, 0.3) is 0 Å². The minimum atomic E-state index is 0.401. The molecule has 3 aromatic carbocycles. The first-order valence-corrected chi connectivity index (χ1v) is 13.9. The highest BCUT2D eigenvalue weighted by Crippen LogP contribution is 2.33. The molecule has 5 aromatic rings. The molecule has 0 saturated carbocycles. The molecule has 10 nitrogen and oxygen atoms in total. The molecule has 1 aliphatic heterocycles. The van der Waals surface area contributed by atoms with E-state index in [4.69, 9.17) is 19.9 Å². The van der Waals surface area contributed by atoms with E-state index in [0.29, 0.717) is 29.4 Å². The predicted octanol–water partition coefficient (Wildman–Crippen LogP) is 4.50. The summed E-state index contributed by atoms with van der Waals surface area (Å²) in [7, 11) is 3.36. The predicted molar refractivity (Wildman–Crippen MR) is 160 cm³/mol. The van der Waals surface area contributed by atoms with Crippen molar-refractivity contribution < 1.29 is 14.2 Å². The van der Waals surface area contributed by atoms with Gasteiger partial charge in [0.1, 0.15) is 12.4 Å². The lowest BCUT2D eigenvalue weighted by Crippen LogP contribution is -2.32. The third-order valence-electron chi connectivity index (χ3n) is 7.49. The van der Waals surface area contributed by atoms with Crippen LogP contribution in [0.1, 0.15) is 22.3 Å². The van der Waals surface area contributed by atoms with Gasteiger partial charge < -0.3 is 19.9 Å².